The fraction of sp³-hybridized carbons (Fsp3) is 0.458. The summed E-state index contributed by atoms with van der Waals surface area (Å²) in [6.45, 7) is 0.427. The third kappa shape index (κ3) is 5.75. The molecule has 2 aromatic carbocycles. The van der Waals surface area contributed by atoms with Crippen LogP contribution in [0.25, 0.3) is 10.8 Å². The van der Waals surface area contributed by atoms with Gasteiger partial charge in [-0.15, -0.1) is 0 Å². The Kier molecular flexibility index (Phi) is 7.50. The van der Waals surface area contributed by atoms with Crippen molar-refractivity contribution in [3.63, 3.8) is 0 Å². The van der Waals surface area contributed by atoms with Gasteiger partial charge in [-0.2, -0.15) is 0 Å². The average molecular weight is 427 g/mol. The van der Waals surface area contributed by atoms with Crippen molar-refractivity contribution in [2.24, 2.45) is 0 Å². The van der Waals surface area contributed by atoms with Crippen LogP contribution in [0, 0.1) is 0 Å². The van der Waals surface area contributed by atoms with Crippen LogP contribution < -0.4 is 15.4 Å². The minimum absolute atomic E-state index is 0.0244. The van der Waals surface area contributed by atoms with Crippen LogP contribution in [-0.4, -0.2) is 44.1 Å². The average Bonchev–Trinajstić information content (AvgIpc) is 3.16. The van der Waals surface area contributed by atoms with Crippen LogP contribution in [0.5, 0.6) is 5.75 Å². The number of fused-ring (bicyclic) bond motifs is 1. The number of nitrogens with one attached hydrogen (secondary N) is 2. The number of esters is 1. The lowest BCUT2D eigenvalue weighted by Crippen LogP contribution is -2.44. The van der Waals surface area contributed by atoms with Crippen molar-refractivity contribution in [2.75, 3.05) is 20.8 Å². The smallest absolute Gasteiger partial charge is 0.305 e. The molecular weight excluding hydrogens is 396 g/mol. The number of ether oxygens (including phenoxy) is 2. The molecule has 3 rings (SSSR count). The topological polar surface area (TPSA) is 93.7 Å². The van der Waals surface area contributed by atoms with Gasteiger partial charge in [-0.25, -0.2) is 0 Å². The summed E-state index contributed by atoms with van der Waals surface area (Å²) in [5, 5.41) is 8.12. The highest BCUT2D eigenvalue weighted by Gasteiger charge is 2.38. The molecule has 1 aliphatic heterocycles. The second-order valence-corrected chi connectivity index (χ2v) is 8.01. The Hall–Kier alpha value is -3.09. The summed E-state index contributed by atoms with van der Waals surface area (Å²) in [5.74, 6) is 0.477. The lowest BCUT2D eigenvalue weighted by molar-refractivity contribution is -0.140. The molecule has 1 aliphatic rings. The second-order valence-electron chi connectivity index (χ2n) is 8.01. The summed E-state index contributed by atoms with van der Waals surface area (Å²) in [6, 6.07) is 12.1. The molecule has 2 N–H and O–H groups in total. The largest absolute Gasteiger partial charge is 0.496 e. The zero-order valence-corrected chi connectivity index (χ0v) is 18.2. The number of methoxy groups -OCH3 is 2. The summed E-state index contributed by atoms with van der Waals surface area (Å²) >= 11 is 0. The summed E-state index contributed by atoms with van der Waals surface area (Å²) in [4.78, 5) is 35.6. The van der Waals surface area contributed by atoms with E-state index in [1.165, 1.54) is 7.11 Å². The number of amides is 2. The van der Waals surface area contributed by atoms with Crippen molar-refractivity contribution in [3.8, 4) is 5.75 Å². The van der Waals surface area contributed by atoms with E-state index in [1.54, 1.807) is 7.11 Å². The number of carbonyl (C=O) groups excluding carboxylic acids is 3. The monoisotopic (exact) mass is 426 g/mol. The van der Waals surface area contributed by atoms with E-state index in [0.717, 1.165) is 22.1 Å². The van der Waals surface area contributed by atoms with Gasteiger partial charge in [0.2, 0.25) is 11.8 Å². The number of carbonyl (C=O) groups is 3. The Bertz CT molecular complexity index is 958. The summed E-state index contributed by atoms with van der Waals surface area (Å²) in [5.41, 5.74) is 0.676. The van der Waals surface area contributed by atoms with Crippen LogP contribution in [0.2, 0.25) is 0 Å². The zero-order valence-electron chi connectivity index (χ0n) is 18.2. The first kappa shape index (κ1) is 22.6. The molecule has 7 nitrogen and oxygen atoms in total. The normalized spacial score (nSPS) is 17.9. The molecule has 7 heteroatoms. The molecule has 1 fully saturated rings. The maximum Gasteiger partial charge on any atom is 0.305 e. The first-order chi connectivity index (χ1) is 15.0. The standard InChI is InChI=1S/C24H30N2O5/c1-30-20-10-9-17(18-6-3-4-7-19(18)20)16-24(14-12-22(28)26-24)13-11-21(27)25-15-5-8-23(29)31-2/h3-4,6-7,9-10H,5,8,11-16H2,1-2H3,(H,25,27)(H,26,28). The quantitative estimate of drug-likeness (QED) is 0.450. The van der Waals surface area contributed by atoms with E-state index in [4.69, 9.17) is 4.74 Å². The molecular formula is C24H30N2O5. The van der Waals surface area contributed by atoms with Crippen LogP contribution in [0.4, 0.5) is 0 Å². The fourth-order valence-electron chi connectivity index (χ4n) is 4.22. The van der Waals surface area contributed by atoms with Crippen molar-refractivity contribution in [1.82, 2.24) is 10.6 Å². The van der Waals surface area contributed by atoms with Crippen molar-refractivity contribution in [3.05, 3.63) is 42.0 Å². The molecule has 1 saturated heterocycles. The van der Waals surface area contributed by atoms with E-state index >= 15 is 0 Å². The van der Waals surface area contributed by atoms with Gasteiger partial charge in [0, 0.05) is 36.7 Å². The van der Waals surface area contributed by atoms with Gasteiger partial charge in [0.25, 0.3) is 0 Å². The van der Waals surface area contributed by atoms with Crippen LogP contribution in [0.1, 0.15) is 44.1 Å². The van der Waals surface area contributed by atoms with Gasteiger partial charge in [-0.05, 0) is 42.7 Å². The van der Waals surface area contributed by atoms with E-state index in [-0.39, 0.29) is 24.2 Å². The third-order valence-corrected chi connectivity index (χ3v) is 5.90. The van der Waals surface area contributed by atoms with Crippen LogP contribution in [0.3, 0.4) is 0 Å². The van der Waals surface area contributed by atoms with Gasteiger partial charge in [-0.3, -0.25) is 14.4 Å². The Morgan fingerprint density at radius 2 is 1.87 bits per heavy atom. The molecule has 1 heterocycles. The Balaban J connectivity index is 1.67. The van der Waals surface area contributed by atoms with E-state index < -0.39 is 5.54 Å². The maximum atomic E-state index is 12.3. The van der Waals surface area contributed by atoms with E-state index in [9.17, 15) is 14.4 Å². The zero-order chi connectivity index (χ0) is 22.3. The fourth-order valence-corrected chi connectivity index (χ4v) is 4.22. The molecule has 2 amide bonds. The molecule has 0 saturated carbocycles. The molecule has 31 heavy (non-hydrogen) atoms. The summed E-state index contributed by atoms with van der Waals surface area (Å²) < 4.78 is 10.1. The number of hydrogen-bond acceptors (Lipinski definition) is 5. The summed E-state index contributed by atoms with van der Waals surface area (Å²) in [7, 11) is 3.01. The van der Waals surface area contributed by atoms with Crippen LogP contribution >= 0.6 is 0 Å². The molecule has 2 aromatic rings. The van der Waals surface area contributed by atoms with Crippen molar-refractivity contribution in [1.29, 1.82) is 0 Å². The molecule has 1 atom stereocenters. The van der Waals surface area contributed by atoms with E-state index in [0.29, 0.717) is 45.1 Å². The molecule has 0 aliphatic carbocycles. The first-order valence-corrected chi connectivity index (χ1v) is 10.7. The molecule has 1 unspecified atom stereocenters. The van der Waals surface area contributed by atoms with Crippen molar-refractivity contribution in [2.45, 2.75) is 50.5 Å². The second kappa shape index (κ2) is 10.3. The molecule has 0 spiro atoms. The number of rotatable bonds is 10. The minimum Gasteiger partial charge on any atom is -0.496 e. The van der Waals surface area contributed by atoms with Gasteiger partial charge < -0.3 is 20.1 Å². The predicted molar refractivity (Wildman–Crippen MR) is 118 cm³/mol. The summed E-state index contributed by atoms with van der Waals surface area (Å²) in [6.07, 6.45) is 3.50. The highest BCUT2D eigenvalue weighted by atomic mass is 16.5. The van der Waals surface area contributed by atoms with Crippen LogP contribution in [0.15, 0.2) is 36.4 Å². The predicted octanol–water partition coefficient (Wildman–Crippen LogP) is 2.89. The molecule has 0 bridgehead atoms. The van der Waals surface area contributed by atoms with Crippen molar-refractivity contribution < 1.29 is 23.9 Å². The first-order valence-electron chi connectivity index (χ1n) is 10.7. The number of benzene rings is 2. The lowest BCUT2D eigenvalue weighted by atomic mass is 9.83. The Morgan fingerprint density at radius 3 is 2.55 bits per heavy atom. The highest BCUT2D eigenvalue weighted by molar-refractivity contribution is 5.91. The maximum absolute atomic E-state index is 12.3. The highest BCUT2D eigenvalue weighted by Crippen LogP contribution is 2.34. The number of hydrogen-bond donors (Lipinski definition) is 2. The Morgan fingerprint density at radius 1 is 1.10 bits per heavy atom. The van der Waals surface area contributed by atoms with E-state index in [2.05, 4.69) is 21.4 Å². The van der Waals surface area contributed by atoms with Gasteiger partial charge >= 0.3 is 5.97 Å². The minimum atomic E-state index is -0.447. The van der Waals surface area contributed by atoms with Gasteiger partial charge in [0.15, 0.2) is 0 Å². The van der Waals surface area contributed by atoms with E-state index in [1.807, 2.05) is 30.3 Å². The SMILES string of the molecule is COC(=O)CCCNC(=O)CCC1(Cc2ccc(OC)c3ccccc23)CCC(=O)N1. The molecule has 166 valence electrons. The third-order valence-electron chi connectivity index (χ3n) is 5.90. The van der Waals surface area contributed by atoms with Crippen LogP contribution in [-0.2, 0) is 25.5 Å². The molecule has 0 aromatic heterocycles. The van der Waals surface area contributed by atoms with Gasteiger partial charge in [0.05, 0.1) is 14.2 Å². The van der Waals surface area contributed by atoms with Gasteiger partial charge in [0.1, 0.15) is 5.75 Å². The van der Waals surface area contributed by atoms with Gasteiger partial charge in [-0.1, -0.05) is 30.3 Å². The van der Waals surface area contributed by atoms with Crippen molar-refractivity contribution >= 4 is 28.6 Å². The Labute approximate surface area is 182 Å². The molecule has 0 radical (unpaired) electrons. The lowest BCUT2D eigenvalue weighted by Gasteiger charge is -2.30.